The summed E-state index contributed by atoms with van der Waals surface area (Å²) in [6.45, 7) is 4.32. The van der Waals surface area contributed by atoms with Crippen molar-refractivity contribution in [2.45, 2.75) is 13.8 Å². The number of anilines is 3. The van der Waals surface area contributed by atoms with Crippen molar-refractivity contribution >= 4 is 49.4 Å². The molecule has 10 rings (SSSR count). The maximum atomic E-state index is 2.42. The van der Waals surface area contributed by atoms with Crippen LogP contribution in [0.5, 0.6) is 0 Å². The van der Waals surface area contributed by atoms with Gasteiger partial charge in [0.05, 0.1) is 0 Å². The molecule has 0 saturated heterocycles. The van der Waals surface area contributed by atoms with E-state index in [0.717, 1.165) is 17.1 Å². The van der Waals surface area contributed by atoms with Gasteiger partial charge in [0.15, 0.2) is 0 Å². The van der Waals surface area contributed by atoms with Crippen LogP contribution in [0, 0.1) is 13.8 Å². The number of aryl methyl sites for hydroxylation is 2. The highest BCUT2D eigenvalue weighted by Crippen LogP contribution is 2.47. The normalized spacial score (nSPS) is 11.3. The highest BCUT2D eigenvalue weighted by molar-refractivity contribution is 6.23. The second-order valence-corrected chi connectivity index (χ2v) is 15.1. The molecule has 10 aromatic carbocycles. The second kappa shape index (κ2) is 14.5. The largest absolute Gasteiger partial charge is 0.310 e. The number of hydrogen-bond donors (Lipinski definition) is 0. The summed E-state index contributed by atoms with van der Waals surface area (Å²) >= 11 is 0. The fourth-order valence-electron chi connectivity index (χ4n) is 8.61. The van der Waals surface area contributed by atoms with Crippen molar-refractivity contribution < 1.29 is 0 Å². The lowest BCUT2D eigenvalue weighted by atomic mass is 9.83. The minimum atomic E-state index is 1.12. The molecule has 1 nitrogen and oxygen atoms in total. The van der Waals surface area contributed by atoms with Crippen LogP contribution >= 0.6 is 0 Å². The zero-order valence-electron chi connectivity index (χ0n) is 32.2. The monoisotopic (exact) mass is 727 g/mol. The Hall–Kier alpha value is -7.22. The van der Waals surface area contributed by atoms with Crippen molar-refractivity contribution in [1.29, 1.82) is 0 Å². The summed E-state index contributed by atoms with van der Waals surface area (Å²) < 4.78 is 0. The Morgan fingerprint density at radius 1 is 0.263 bits per heavy atom. The molecule has 0 amide bonds. The van der Waals surface area contributed by atoms with Gasteiger partial charge < -0.3 is 4.90 Å². The van der Waals surface area contributed by atoms with Gasteiger partial charge in [0.2, 0.25) is 0 Å². The topological polar surface area (TPSA) is 3.24 Å². The van der Waals surface area contributed by atoms with Crippen molar-refractivity contribution in [3.8, 4) is 44.5 Å². The van der Waals surface area contributed by atoms with Crippen LogP contribution in [0.2, 0.25) is 0 Å². The molecular formula is C56H41N. The first-order valence-electron chi connectivity index (χ1n) is 19.7. The first kappa shape index (κ1) is 34.3. The third kappa shape index (κ3) is 6.44. The van der Waals surface area contributed by atoms with Gasteiger partial charge in [-0.05, 0) is 169 Å². The second-order valence-electron chi connectivity index (χ2n) is 15.1. The lowest BCUT2D eigenvalue weighted by molar-refractivity contribution is 1.26. The van der Waals surface area contributed by atoms with Gasteiger partial charge in [0.1, 0.15) is 0 Å². The molecule has 0 fully saturated rings. The lowest BCUT2D eigenvalue weighted by Gasteiger charge is -2.26. The summed E-state index contributed by atoms with van der Waals surface area (Å²) in [6.07, 6.45) is 0. The van der Waals surface area contributed by atoms with E-state index >= 15 is 0 Å². The van der Waals surface area contributed by atoms with Crippen LogP contribution < -0.4 is 4.90 Å². The Labute approximate surface area is 334 Å². The molecule has 0 saturated carbocycles. The number of nitrogens with zero attached hydrogens (tertiary/aromatic N) is 1. The first-order valence-corrected chi connectivity index (χ1v) is 19.7. The Morgan fingerprint density at radius 3 is 1.19 bits per heavy atom. The quantitative estimate of drug-likeness (QED) is 0.148. The maximum absolute atomic E-state index is 2.42. The molecule has 0 radical (unpaired) electrons. The molecular weight excluding hydrogens is 687 g/mol. The zero-order valence-corrected chi connectivity index (χ0v) is 32.2. The fraction of sp³-hybridized carbons (Fsp3) is 0.0357. The summed E-state index contributed by atoms with van der Waals surface area (Å²) in [4.78, 5) is 2.36. The number of rotatable bonds is 7. The zero-order chi connectivity index (χ0) is 38.3. The molecule has 0 aliphatic heterocycles. The van der Waals surface area contributed by atoms with E-state index in [1.165, 1.54) is 88.0 Å². The molecule has 0 N–H and O–H groups in total. The van der Waals surface area contributed by atoms with Crippen LogP contribution in [0.1, 0.15) is 11.1 Å². The Balaban J connectivity index is 1.23. The smallest absolute Gasteiger partial charge is 0.0464 e. The minimum absolute atomic E-state index is 1.12. The minimum Gasteiger partial charge on any atom is -0.310 e. The van der Waals surface area contributed by atoms with Crippen molar-refractivity contribution in [2.24, 2.45) is 0 Å². The average molecular weight is 728 g/mol. The van der Waals surface area contributed by atoms with Crippen LogP contribution in [0.4, 0.5) is 17.1 Å². The third-order valence-electron chi connectivity index (χ3n) is 11.3. The van der Waals surface area contributed by atoms with E-state index in [1.807, 2.05) is 0 Å². The van der Waals surface area contributed by atoms with Crippen molar-refractivity contribution in [2.75, 3.05) is 4.90 Å². The molecule has 1 heteroatoms. The average Bonchev–Trinajstić information content (AvgIpc) is 3.26. The van der Waals surface area contributed by atoms with Gasteiger partial charge in [-0.15, -0.1) is 0 Å². The molecule has 0 bridgehead atoms. The molecule has 0 spiro atoms. The van der Waals surface area contributed by atoms with Crippen LogP contribution in [-0.4, -0.2) is 0 Å². The highest BCUT2D eigenvalue weighted by Gasteiger charge is 2.20. The summed E-state index contributed by atoms with van der Waals surface area (Å²) in [7, 11) is 0. The molecule has 0 aliphatic carbocycles. The lowest BCUT2D eigenvalue weighted by Crippen LogP contribution is -2.10. The van der Waals surface area contributed by atoms with E-state index in [9.17, 15) is 0 Å². The molecule has 0 atom stereocenters. The van der Waals surface area contributed by atoms with Crippen molar-refractivity contribution in [3.63, 3.8) is 0 Å². The van der Waals surface area contributed by atoms with Crippen LogP contribution in [0.3, 0.4) is 0 Å². The summed E-state index contributed by atoms with van der Waals surface area (Å²) in [5, 5.41) is 7.44. The molecule has 270 valence electrons. The number of fused-ring (bicyclic) bond motifs is 3. The standard InChI is InChI=1S/C56H41N/c1-38-15-13-23-49(31-38)57(50-24-14-16-39(2)32-50)48-29-27-42(28-30-48)55-51-25-11-12-26-52(51)56(54-37-44-22-10-9-21-43(44)36-53(54)55)47-34-45(40-17-5-3-6-18-40)33-46(35-47)41-19-7-4-8-20-41/h3-37H,1-2H3. The summed E-state index contributed by atoms with van der Waals surface area (Å²) in [5.74, 6) is 0. The Morgan fingerprint density at radius 2 is 0.702 bits per heavy atom. The number of benzene rings is 10. The van der Waals surface area contributed by atoms with E-state index in [-0.39, 0.29) is 0 Å². The summed E-state index contributed by atoms with van der Waals surface area (Å²) in [6, 6.07) is 77.9. The van der Waals surface area contributed by atoms with E-state index in [2.05, 4.69) is 231 Å². The van der Waals surface area contributed by atoms with E-state index < -0.39 is 0 Å². The fourth-order valence-corrected chi connectivity index (χ4v) is 8.61. The van der Waals surface area contributed by atoms with E-state index in [1.54, 1.807) is 0 Å². The highest BCUT2D eigenvalue weighted by atomic mass is 15.1. The van der Waals surface area contributed by atoms with Gasteiger partial charge >= 0.3 is 0 Å². The van der Waals surface area contributed by atoms with Gasteiger partial charge in [-0.25, -0.2) is 0 Å². The van der Waals surface area contributed by atoms with Gasteiger partial charge in [-0.1, -0.05) is 146 Å². The molecule has 0 unspecified atom stereocenters. The molecule has 57 heavy (non-hydrogen) atoms. The Bertz CT molecular complexity index is 2970. The first-order chi connectivity index (χ1) is 28.1. The van der Waals surface area contributed by atoms with Gasteiger partial charge in [-0.2, -0.15) is 0 Å². The van der Waals surface area contributed by atoms with Crippen LogP contribution in [-0.2, 0) is 0 Å². The molecule has 0 aliphatic rings. The van der Waals surface area contributed by atoms with Crippen molar-refractivity contribution in [1.82, 2.24) is 0 Å². The van der Waals surface area contributed by atoms with Gasteiger partial charge in [-0.3, -0.25) is 0 Å². The number of hydrogen-bond acceptors (Lipinski definition) is 1. The van der Waals surface area contributed by atoms with Crippen LogP contribution in [0.25, 0.3) is 76.8 Å². The molecule has 0 heterocycles. The predicted molar refractivity (Wildman–Crippen MR) is 245 cm³/mol. The Kier molecular flexibility index (Phi) is 8.69. The van der Waals surface area contributed by atoms with Gasteiger partial charge in [0, 0.05) is 17.1 Å². The van der Waals surface area contributed by atoms with Crippen LogP contribution in [0.15, 0.2) is 212 Å². The molecule has 10 aromatic rings. The van der Waals surface area contributed by atoms with E-state index in [0.29, 0.717) is 0 Å². The van der Waals surface area contributed by atoms with Crippen molar-refractivity contribution in [3.05, 3.63) is 223 Å². The predicted octanol–water partition coefficient (Wildman–Crippen LogP) is 15.9. The van der Waals surface area contributed by atoms with Gasteiger partial charge in [0.25, 0.3) is 0 Å². The van der Waals surface area contributed by atoms with E-state index in [4.69, 9.17) is 0 Å². The SMILES string of the molecule is Cc1cccc(N(c2ccc(-c3c4ccccc4c(-c4cc(-c5ccccc5)cc(-c5ccccc5)c4)c4cc5ccccc5cc34)cc2)c2cccc(C)c2)c1. The third-order valence-corrected chi connectivity index (χ3v) is 11.3. The molecule has 0 aromatic heterocycles. The summed E-state index contributed by atoms with van der Waals surface area (Å²) in [5.41, 5.74) is 15.6. The maximum Gasteiger partial charge on any atom is 0.0464 e.